The van der Waals surface area contributed by atoms with Gasteiger partial charge in [-0.3, -0.25) is 9.59 Å². The maximum Gasteiger partial charge on any atom is 0.237 e. The average molecular weight is 257 g/mol. The molecule has 0 aliphatic heterocycles. The summed E-state index contributed by atoms with van der Waals surface area (Å²) in [5.74, 6) is 0.519. The van der Waals surface area contributed by atoms with Gasteiger partial charge in [0.05, 0.1) is 6.54 Å². The molecule has 2 amide bonds. The largest absolute Gasteiger partial charge is 0.368 e. The Hall–Kier alpha value is -1.10. The standard InChI is InChI=1S/C13H27N3O2/c1-4-16(9-12(15)17)13(18)6-5-11(7-8-14)10(2)3/h10-11H,4-9,14H2,1-3H3,(H2,15,17). The van der Waals surface area contributed by atoms with Crippen LogP contribution in [0, 0.1) is 11.8 Å². The van der Waals surface area contributed by atoms with Crippen molar-refractivity contribution in [3.05, 3.63) is 0 Å². The van der Waals surface area contributed by atoms with Gasteiger partial charge in [0.1, 0.15) is 0 Å². The Morgan fingerprint density at radius 2 is 1.83 bits per heavy atom. The second-order valence-electron chi connectivity index (χ2n) is 4.99. The number of hydrogen-bond donors (Lipinski definition) is 2. The van der Waals surface area contributed by atoms with E-state index in [-0.39, 0.29) is 12.5 Å². The Labute approximate surface area is 110 Å². The average Bonchev–Trinajstić information content (AvgIpc) is 2.30. The highest BCUT2D eigenvalue weighted by Crippen LogP contribution is 2.20. The molecule has 4 N–H and O–H groups in total. The Morgan fingerprint density at radius 3 is 2.22 bits per heavy atom. The molecule has 5 nitrogen and oxygen atoms in total. The van der Waals surface area contributed by atoms with Crippen LogP contribution < -0.4 is 11.5 Å². The molecule has 0 heterocycles. The third kappa shape index (κ3) is 6.59. The summed E-state index contributed by atoms with van der Waals surface area (Å²) in [5, 5.41) is 0. The number of nitrogens with zero attached hydrogens (tertiary/aromatic N) is 1. The smallest absolute Gasteiger partial charge is 0.237 e. The highest BCUT2D eigenvalue weighted by Gasteiger charge is 2.18. The van der Waals surface area contributed by atoms with E-state index in [2.05, 4.69) is 13.8 Å². The summed E-state index contributed by atoms with van der Waals surface area (Å²) in [6.45, 7) is 7.32. The fraction of sp³-hybridized carbons (Fsp3) is 0.846. The number of nitrogens with two attached hydrogens (primary N) is 2. The van der Waals surface area contributed by atoms with E-state index < -0.39 is 5.91 Å². The fourth-order valence-corrected chi connectivity index (χ4v) is 2.06. The number of primary amides is 1. The van der Waals surface area contributed by atoms with Crippen LogP contribution in [0.4, 0.5) is 0 Å². The first kappa shape index (κ1) is 16.9. The zero-order chi connectivity index (χ0) is 14.1. The number of carbonyl (C=O) groups excluding carboxylic acids is 2. The Morgan fingerprint density at radius 1 is 1.22 bits per heavy atom. The maximum absolute atomic E-state index is 11.9. The minimum atomic E-state index is -0.465. The summed E-state index contributed by atoms with van der Waals surface area (Å²) in [7, 11) is 0. The van der Waals surface area contributed by atoms with Crippen molar-refractivity contribution in [3.63, 3.8) is 0 Å². The van der Waals surface area contributed by atoms with Crippen molar-refractivity contribution in [1.82, 2.24) is 4.90 Å². The summed E-state index contributed by atoms with van der Waals surface area (Å²) in [4.78, 5) is 24.3. The number of hydrogen-bond acceptors (Lipinski definition) is 3. The molecule has 0 aromatic carbocycles. The fourth-order valence-electron chi connectivity index (χ4n) is 2.06. The molecule has 1 atom stereocenters. The molecule has 0 saturated heterocycles. The van der Waals surface area contributed by atoms with Crippen molar-refractivity contribution in [2.45, 2.75) is 40.0 Å². The van der Waals surface area contributed by atoms with Crippen LogP contribution in [0.3, 0.4) is 0 Å². The summed E-state index contributed by atoms with van der Waals surface area (Å²) < 4.78 is 0. The lowest BCUT2D eigenvalue weighted by molar-refractivity contribution is -0.135. The lowest BCUT2D eigenvalue weighted by Crippen LogP contribution is -2.38. The van der Waals surface area contributed by atoms with Gasteiger partial charge < -0.3 is 16.4 Å². The SMILES string of the molecule is CCN(CC(N)=O)C(=O)CCC(CCN)C(C)C. The van der Waals surface area contributed by atoms with Crippen LogP contribution >= 0.6 is 0 Å². The molecule has 0 aliphatic carbocycles. The molecular formula is C13H27N3O2. The first-order chi connectivity index (χ1) is 8.42. The van der Waals surface area contributed by atoms with Gasteiger partial charge in [0, 0.05) is 13.0 Å². The van der Waals surface area contributed by atoms with Gasteiger partial charge >= 0.3 is 0 Å². The minimum Gasteiger partial charge on any atom is -0.368 e. The number of likely N-dealkylation sites (N-methyl/N-ethyl adjacent to an activating group) is 1. The molecule has 1 unspecified atom stereocenters. The van der Waals surface area contributed by atoms with Crippen molar-refractivity contribution in [1.29, 1.82) is 0 Å². The zero-order valence-corrected chi connectivity index (χ0v) is 11.8. The van der Waals surface area contributed by atoms with Crippen LogP contribution in [0.15, 0.2) is 0 Å². The Balaban J connectivity index is 4.23. The summed E-state index contributed by atoms with van der Waals surface area (Å²) in [6.07, 6.45) is 2.22. The van der Waals surface area contributed by atoms with E-state index in [9.17, 15) is 9.59 Å². The highest BCUT2D eigenvalue weighted by molar-refractivity contribution is 5.83. The van der Waals surface area contributed by atoms with Crippen LogP contribution in [0.5, 0.6) is 0 Å². The van der Waals surface area contributed by atoms with Crippen LogP contribution in [0.2, 0.25) is 0 Å². The molecule has 0 bridgehead atoms. The van der Waals surface area contributed by atoms with Gasteiger partial charge in [-0.15, -0.1) is 0 Å². The van der Waals surface area contributed by atoms with E-state index >= 15 is 0 Å². The van der Waals surface area contributed by atoms with Gasteiger partial charge in [-0.05, 0) is 38.1 Å². The molecule has 0 radical (unpaired) electrons. The van der Waals surface area contributed by atoms with Gasteiger partial charge in [0.15, 0.2) is 0 Å². The predicted octanol–water partition coefficient (Wildman–Crippen LogP) is 0.721. The van der Waals surface area contributed by atoms with Crippen LogP contribution in [0.1, 0.15) is 40.0 Å². The van der Waals surface area contributed by atoms with Gasteiger partial charge in [-0.25, -0.2) is 0 Å². The van der Waals surface area contributed by atoms with Gasteiger partial charge in [-0.1, -0.05) is 13.8 Å². The first-order valence-corrected chi connectivity index (χ1v) is 6.68. The van der Waals surface area contributed by atoms with Crippen LogP contribution in [0.25, 0.3) is 0 Å². The van der Waals surface area contributed by atoms with E-state index in [0.717, 1.165) is 12.8 Å². The molecule has 0 spiro atoms. The van der Waals surface area contributed by atoms with Gasteiger partial charge in [-0.2, -0.15) is 0 Å². The van der Waals surface area contributed by atoms with Crippen molar-refractivity contribution < 1.29 is 9.59 Å². The third-order valence-corrected chi connectivity index (χ3v) is 3.29. The highest BCUT2D eigenvalue weighted by atomic mass is 16.2. The van der Waals surface area contributed by atoms with E-state index in [0.29, 0.717) is 31.3 Å². The lowest BCUT2D eigenvalue weighted by atomic mass is 9.88. The molecule has 5 heteroatoms. The monoisotopic (exact) mass is 257 g/mol. The van der Waals surface area contributed by atoms with Crippen LogP contribution in [-0.4, -0.2) is 36.3 Å². The molecule has 18 heavy (non-hydrogen) atoms. The van der Waals surface area contributed by atoms with Crippen LogP contribution in [-0.2, 0) is 9.59 Å². The van der Waals surface area contributed by atoms with Gasteiger partial charge in [0.25, 0.3) is 0 Å². The van der Waals surface area contributed by atoms with Crippen molar-refractivity contribution in [3.8, 4) is 0 Å². The van der Waals surface area contributed by atoms with Crippen molar-refractivity contribution >= 4 is 11.8 Å². The quantitative estimate of drug-likeness (QED) is 0.638. The Bertz CT molecular complexity index is 267. The second-order valence-corrected chi connectivity index (χ2v) is 4.99. The van der Waals surface area contributed by atoms with Crippen molar-refractivity contribution in [2.75, 3.05) is 19.6 Å². The molecule has 0 aliphatic rings. The number of rotatable bonds is 9. The summed E-state index contributed by atoms with van der Waals surface area (Å²) in [5.41, 5.74) is 10.7. The maximum atomic E-state index is 11.9. The second kappa shape index (κ2) is 8.91. The molecule has 0 aromatic heterocycles. The van der Waals surface area contributed by atoms with E-state index in [1.807, 2.05) is 6.92 Å². The summed E-state index contributed by atoms with van der Waals surface area (Å²) in [6, 6.07) is 0. The first-order valence-electron chi connectivity index (χ1n) is 6.68. The van der Waals surface area contributed by atoms with E-state index in [4.69, 9.17) is 11.5 Å². The predicted molar refractivity (Wildman–Crippen MR) is 72.7 cm³/mol. The molecule has 0 saturated carbocycles. The number of amides is 2. The minimum absolute atomic E-state index is 0.000952. The Kier molecular flexibility index (Phi) is 8.37. The molecule has 0 rings (SSSR count). The van der Waals surface area contributed by atoms with Gasteiger partial charge in [0.2, 0.25) is 11.8 Å². The number of carbonyl (C=O) groups is 2. The molecule has 0 fully saturated rings. The third-order valence-electron chi connectivity index (χ3n) is 3.29. The molecule has 0 aromatic rings. The summed E-state index contributed by atoms with van der Waals surface area (Å²) >= 11 is 0. The zero-order valence-electron chi connectivity index (χ0n) is 11.8. The lowest BCUT2D eigenvalue weighted by Gasteiger charge is -2.23. The van der Waals surface area contributed by atoms with Crippen molar-refractivity contribution in [2.24, 2.45) is 23.3 Å². The topological polar surface area (TPSA) is 89.4 Å². The molecule has 106 valence electrons. The van der Waals surface area contributed by atoms with E-state index in [1.165, 1.54) is 4.90 Å². The molecular weight excluding hydrogens is 230 g/mol. The van der Waals surface area contributed by atoms with E-state index in [1.54, 1.807) is 0 Å². The normalized spacial score (nSPS) is 12.5.